The Morgan fingerprint density at radius 2 is 2.23 bits per heavy atom. The van der Waals surface area contributed by atoms with E-state index in [0.29, 0.717) is 11.3 Å². The van der Waals surface area contributed by atoms with Crippen LogP contribution in [0.2, 0.25) is 0 Å². The van der Waals surface area contributed by atoms with Gasteiger partial charge in [0.2, 0.25) is 0 Å². The number of hydrogen-bond acceptors (Lipinski definition) is 7. The SMILES string of the molecule is O=NC1CCc2cc(Nc3c(-c4nccs4)oc4cnccc34)ccc21. The van der Waals surface area contributed by atoms with Crippen molar-refractivity contribution in [2.45, 2.75) is 18.9 Å². The van der Waals surface area contributed by atoms with E-state index in [0.717, 1.165) is 40.2 Å². The van der Waals surface area contributed by atoms with Crippen LogP contribution >= 0.6 is 11.3 Å². The lowest BCUT2D eigenvalue weighted by Crippen LogP contribution is -1.94. The fourth-order valence-electron chi connectivity index (χ4n) is 3.49. The maximum atomic E-state index is 10.9. The molecule has 0 fully saturated rings. The molecule has 6 nitrogen and oxygen atoms in total. The average Bonchev–Trinajstić information content (AvgIpc) is 3.40. The number of nitrogens with one attached hydrogen (secondary N) is 1. The lowest BCUT2D eigenvalue weighted by molar-refractivity contribution is 0.630. The largest absolute Gasteiger partial charge is 0.450 e. The zero-order chi connectivity index (χ0) is 17.5. The van der Waals surface area contributed by atoms with Gasteiger partial charge < -0.3 is 9.73 Å². The number of rotatable bonds is 4. The highest BCUT2D eigenvalue weighted by molar-refractivity contribution is 7.13. The number of pyridine rings is 1. The summed E-state index contributed by atoms with van der Waals surface area (Å²) in [6.07, 6.45) is 6.87. The summed E-state index contributed by atoms with van der Waals surface area (Å²) in [6, 6.07) is 7.77. The highest BCUT2D eigenvalue weighted by Crippen LogP contribution is 2.41. The van der Waals surface area contributed by atoms with Crippen molar-refractivity contribution in [3.05, 3.63) is 64.3 Å². The van der Waals surface area contributed by atoms with Crippen molar-refractivity contribution in [1.82, 2.24) is 9.97 Å². The van der Waals surface area contributed by atoms with Gasteiger partial charge in [-0.2, -0.15) is 4.91 Å². The van der Waals surface area contributed by atoms with E-state index in [-0.39, 0.29) is 6.04 Å². The number of thiazole rings is 1. The van der Waals surface area contributed by atoms with E-state index >= 15 is 0 Å². The summed E-state index contributed by atoms with van der Waals surface area (Å²) in [5, 5.41) is 10.4. The second-order valence-electron chi connectivity index (χ2n) is 6.21. The molecule has 1 unspecified atom stereocenters. The van der Waals surface area contributed by atoms with Crippen molar-refractivity contribution in [3.8, 4) is 10.8 Å². The first kappa shape index (κ1) is 15.2. The normalized spacial score (nSPS) is 15.9. The summed E-state index contributed by atoms with van der Waals surface area (Å²) in [5.41, 5.74) is 4.75. The van der Waals surface area contributed by atoms with Crippen LogP contribution in [0.3, 0.4) is 0 Å². The summed E-state index contributed by atoms with van der Waals surface area (Å²) in [6.45, 7) is 0. The monoisotopic (exact) mass is 362 g/mol. The van der Waals surface area contributed by atoms with Gasteiger partial charge in [0.1, 0.15) is 6.04 Å². The Morgan fingerprint density at radius 1 is 1.27 bits per heavy atom. The van der Waals surface area contributed by atoms with Crippen LogP contribution in [0.5, 0.6) is 0 Å². The Labute approximate surface area is 152 Å². The first-order chi connectivity index (χ1) is 12.8. The van der Waals surface area contributed by atoms with Crippen LogP contribution in [-0.4, -0.2) is 9.97 Å². The first-order valence-corrected chi connectivity index (χ1v) is 9.20. The average molecular weight is 362 g/mol. The number of hydrogen-bond donors (Lipinski definition) is 1. The van der Waals surface area contributed by atoms with E-state index in [9.17, 15) is 4.91 Å². The van der Waals surface area contributed by atoms with Gasteiger partial charge in [-0.05, 0) is 42.2 Å². The van der Waals surface area contributed by atoms with Crippen molar-refractivity contribution in [2.75, 3.05) is 5.32 Å². The van der Waals surface area contributed by atoms with Gasteiger partial charge >= 0.3 is 0 Å². The lowest BCUT2D eigenvalue weighted by atomic mass is 10.1. The predicted octanol–water partition coefficient (Wildman–Crippen LogP) is 5.45. The van der Waals surface area contributed by atoms with Gasteiger partial charge in [0, 0.05) is 28.8 Å². The smallest absolute Gasteiger partial charge is 0.187 e. The topological polar surface area (TPSA) is 80.4 Å². The molecule has 26 heavy (non-hydrogen) atoms. The van der Waals surface area contributed by atoms with Gasteiger partial charge in [0.25, 0.3) is 0 Å². The van der Waals surface area contributed by atoms with Gasteiger partial charge in [0.05, 0.1) is 11.9 Å². The maximum absolute atomic E-state index is 10.9. The molecule has 1 aromatic carbocycles. The Kier molecular flexibility index (Phi) is 3.53. The molecule has 128 valence electrons. The van der Waals surface area contributed by atoms with E-state index in [2.05, 4.69) is 26.5 Å². The maximum Gasteiger partial charge on any atom is 0.187 e. The molecule has 3 aromatic heterocycles. The molecular formula is C19H14N4O2S. The van der Waals surface area contributed by atoms with Crippen LogP contribution in [0.15, 0.2) is 57.8 Å². The fraction of sp³-hybridized carbons (Fsp3) is 0.158. The molecular weight excluding hydrogens is 348 g/mol. The van der Waals surface area contributed by atoms with E-state index in [1.165, 1.54) is 16.9 Å². The number of nitrogens with zero attached hydrogens (tertiary/aromatic N) is 3. The van der Waals surface area contributed by atoms with Crippen LogP contribution in [0.25, 0.3) is 21.7 Å². The molecule has 1 N–H and O–H groups in total. The second-order valence-corrected chi connectivity index (χ2v) is 7.11. The summed E-state index contributed by atoms with van der Waals surface area (Å²) in [4.78, 5) is 19.5. The Hall–Kier alpha value is -3.06. The summed E-state index contributed by atoms with van der Waals surface area (Å²) in [7, 11) is 0. The molecule has 4 aromatic rings. The van der Waals surface area contributed by atoms with Crippen molar-refractivity contribution in [2.24, 2.45) is 5.18 Å². The van der Waals surface area contributed by atoms with Crippen LogP contribution in [0, 0.1) is 4.91 Å². The van der Waals surface area contributed by atoms with Crippen molar-refractivity contribution < 1.29 is 4.42 Å². The highest BCUT2D eigenvalue weighted by Gasteiger charge is 2.24. The zero-order valence-corrected chi connectivity index (χ0v) is 14.5. The number of nitroso groups, excluding NO2 is 1. The van der Waals surface area contributed by atoms with E-state index < -0.39 is 0 Å². The Balaban J connectivity index is 1.60. The Morgan fingerprint density at radius 3 is 3.08 bits per heavy atom. The lowest BCUT2D eigenvalue weighted by Gasteiger charge is -2.09. The summed E-state index contributed by atoms with van der Waals surface area (Å²) < 4.78 is 6.01. The molecule has 3 heterocycles. The molecule has 0 bridgehead atoms. The molecule has 0 radical (unpaired) electrons. The van der Waals surface area contributed by atoms with Crippen LogP contribution in [0.4, 0.5) is 11.4 Å². The molecule has 1 aliphatic carbocycles. The van der Waals surface area contributed by atoms with Crippen LogP contribution < -0.4 is 5.32 Å². The quantitative estimate of drug-likeness (QED) is 0.488. The van der Waals surface area contributed by atoms with Crippen molar-refractivity contribution in [1.29, 1.82) is 0 Å². The molecule has 1 atom stereocenters. The number of furan rings is 1. The summed E-state index contributed by atoms with van der Waals surface area (Å²) in [5.74, 6) is 0.705. The molecule has 5 rings (SSSR count). The van der Waals surface area contributed by atoms with E-state index in [1.54, 1.807) is 18.6 Å². The molecule has 0 aliphatic heterocycles. The fourth-order valence-corrected chi connectivity index (χ4v) is 4.11. The second kappa shape index (κ2) is 6.03. The van der Waals surface area contributed by atoms with Gasteiger partial charge in [-0.3, -0.25) is 4.98 Å². The third kappa shape index (κ3) is 2.40. The van der Waals surface area contributed by atoms with Gasteiger partial charge in [0.15, 0.2) is 16.4 Å². The number of aromatic nitrogens is 2. The minimum atomic E-state index is -0.217. The molecule has 0 spiro atoms. The Bertz CT molecular complexity index is 1100. The van der Waals surface area contributed by atoms with E-state index in [1.807, 2.05) is 23.6 Å². The number of fused-ring (bicyclic) bond motifs is 2. The number of aryl methyl sites for hydroxylation is 1. The molecule has 7 heteroatoms. The minimum Gasteiger partial charge on any atom is -0.450 e. The molecule has 0 amide bonds. The standard InChI is InChI=1S/C19H14N4O2S/c24-23-15-4-1-11-9-12(2-3-13(11)15)22-17-14-5-6-20-10-16(14)25-18(17)19-21-7-8-26-19/h2-3,5-10,15,22H,1,4H2. The molecule has 0 saturated carbocycles. The first-order valence-electron chi connectivity index (χ1n) is 8.32. The van der Waals surface area contributed by atoms with Crippen LogP contribution in [0.1, 0.15) is 23.6 Å². The predicted molar refractivity (Wildman–Crippen MR) is 102 cm³/mol. The third-order valence-corrected chi connectivity index (χ3v) is 5.48. The third-order valence-electron chi connectivity index (χ3n) is 4.71. The van der Waals surface area contributed by atoms with Crippen molar-refractivity contribution >= 4 is 33.7 Å². The number of benzene rings is 1. The zero-order valence-electron chi connectivity index (χ0n) is 13.7. The van der Waals surface area contributed by atoms with Crippen molar-refractivity contribution in [3.63, 3.8) is 0 Å². The summed E-state index contributed by atoms with van der Waals surface area (Å²) >= 11 is 1.53. The van der Waals surface area contributed by atoms with Gasteiger partial charge in [-0.15, -0.1) is 11.3 Å². The minimum absolute atomic E-state index is 0.217. The number of anilines is 2. The van der Waals surface area contributed by atoms with Gasteiger partial charge in [-0.1, -0.05) is 11.2 Å². The molecule has 1 aliphatic rings. The van der Waals surface area contributed by atoms with Gasteiger partial charge in [-0.25, -0.2) is 4.98 Å². The van der Waals surface area contributed by atoms with E-state index in [4.69, 9.17) is 4.42 Å². The molecule has 0 saturated heterocycles. The highest BCUT2D eigenvalue weighted by atomic mass is 32.1. The van der Waals surface area contributed by atoms with Crippen LogP contribution in [-0.2, 0) is 6.42 Å².